The Morgan fingerprint density at radius 2 is 2.00 bits per heavy atom. The maximum absolute atomic E-state index is 10.9. The third-order valence-electron chi connectivity index (χ3n) is 2.51. The van der Waals surface area contributed by atoms with E-state index >= 15 is 0 Å². The summed E-state index contributed by atoms with van der Waals surface area (Å²) in [5.74, 6) is -0.275. The van der Waals surface area contributed by atoms with Gasteiger partial charge in [-0.3, -0.25) is 10.1 Å². The highest BCUT2D eigenvalue weighted by Crippen LogP contribution is 2.12. The highest BCUT2D eigenvalue weighted by molar-refractivity contribution is 5.74. The quantitative estimate of drug-likeness (QED) is 0.676. The lowest BCUT2D eigenvalue weighted by atomic mass is 10.1. The number of carboxylic acids is 1. The summed E-state index contributed by atoms with van der Waals surface area (Å²) in [7, 11) is 0. The normalized spacial score (nSPS) is 13.9. The monoisotopic (exact) mass is 253 g/mol. The predicted octanol–water partition coefficient (Wildman–Crippen LogP) is 1.01. The minimum atomic E-state index is -1.06. The molecular weight excluding hydrogens is 234 g/mol. The number of rotatable bonds is 7. The van der Waals surface area contributed by atoms with Crippen LogP contribution in [-0.4, -0.2) is 34.9 Å². The zero-order chi connectivity index (χ0) is 13.5. The summed E-state index contributed by atoms with van der Waals surface area (Å²) in [5.41, 5.74) is 0.936. The van der Waals surface area contributed by atoms with Crippen molar-refractivity contribution >= 4 is 5.97 Å². The summed E-state index contributed by atoms with van der Waals surface area (Å²) >= 11 is 0. The first-order valence-corrected chi connectivity index (χ1v) is 5.90. The average Bonchev–Trinajstić information content (AvgIpc) is 2.31. The van der Waals surface area contributed by atoms with Crippen LogP contribution in [0, 0.1) is 0 Å². The van der Waals surface area contributed by atoms with Crippen LogP contribution in [0.4, 0.5) is 0 Å². The van der Waals surface area contributed by atoms with Gasteiger partial charge in [-0.2, -0.15) is 0 Å². The molecule has 1 aromatic rings. The van der Waals surface area contributed by atoms with Crippen molar-refractivity contribution in [3.8, 4) is 5.75 Å². The van der Waals surface area contributed by atoms with Crippen molar-refractivity contribution in [1.29, 1.82) is 0 Å². The highest BCUT2D eigenvalue weighted by Gasteiger charge is 2.21. The van der Waals surface area contributed by atoms with Crippen LogP contribution in [0.5, 0.6) is 5.75 Å². The fourth-order valence-corrected chi connectivity index (χ4v) is 1.56. The molecule has 0 aliphatic rings. The number of ether oxygens (including phenoxy) is 1. The van der Waals surface area contributed by atoms with E-state index < -0.39 is 18.1 Å². The lowest BCUT2D eigenvalue weighted by Crippen LogP contribution is -2.44. The summed E-state index contributed by atoms with van der Waals surface area (Å²) in [4.78, 5) is 10.9. The van der Waals surface area contributed by atoms with Gasteiger partial charge in [0, 0.05) is 6.54 Å². The number of carboxylic acid groups (broad SMARTS) is 1. The number of nitrogens with one attached hydrogen (secondary N) is 1. The molecule has 2 atom stereocenters. The van der Waals surface area contributed by atoms with Crippen molar-refractivity contribution in [2.24, 2.45) is 0 Å². The predicted molar refractivity (Wildman–Crippen MR) is 67.6 cm³/mol. The molecule has 0 aromatic heterocycles. The van der Waals surface area contributed by atoms with E-state index in [1.54, 1.807) is 0 Å². The van der Waals surface area contributed by atoms with Gasteiger partial charge >= 0.3 is 5.97 Å². The Morgan fingerprint density at radius 1 is 1.39 bits per heavy atom. The number of aliphatic carboxylic acids is 1. The van der Waals surface area contributed by atoms with Crippen LogP contribution >= 0.6 is 0 Å². The van der Waals surface area contributed by atoms with E-state index in [2.05, 4.69) is 5.32 Å². The third kappa shape index (κ3) is 4.35. The van der Waals surface area contributed by atoms with E-state index in [-0.39, 0.29) is 0 Å². The molecule has 0 aliphatic heterocycles. The summed E-state index contributed by atoms with van der Waals surface area (Å²) in [5, 5.41) is 21.0. The average molecular weight is 253 g/mol. The molecule has 0 radical (unpaired) electrons. The molecule has 18 heavy (non-hydrogen) atoms. The summed E-state index contributed by atoms with van der Waals surface area (Å²) in [6, 6.07) is 6.42. The minimum Gasteiger partial charge on any atom is -0.494 e. The van der Waals surface area contributed by atoms with E-state index in [1.165, 1.54) is 6.92 Å². The molecule has 0 bridgehead atoms. The van der Waals surface area contributed by atoms with Crippen molar-refractivity contribution in [1.82, 2.24) is 5.32 Å². The molecule has 0 saturated heterocycles. The van der Waals surface area contributed by atoms with Gasteiger partial charge in [-0.15, -0.1) is 0 Å². The third-order valence-corrected chi connectivity index (χ3v) is 2.51. The number of hydrogen-bond acceptors (Lipinski definition) is 4. The van der Waals surface area contributed by atoms with Crippen LogP contribution in [0.15, 0.2) is 24.3 Å². The molecule has 2 unspecified atom stereocenters. The Hall–Kier alpha value is -1.59. The number of carbonyl (C=O) groups is 1. The minimum absolute atomic E-state index is 0.383. The maximum Gasteiger partial charge on any atom is 0.323 e. The van der Waals surface area contributed by atoms with Gasteiger partial charge in [0.15, 0.2) is 0 Å². The molecule has 100 valence electrons. The zero-order valence-corrected chi connectivity index (χ0v) is 10.6. The van der Waals surface area contributed by atoms with Crippen LogP contribution in [0.1, 0.15) is 19.4 Å². The van der Waals surface area contributed by atoms with Gasteiger partial charge in [-0.05, 0) is 31.5 Å². The summed E-state index contributed by atoms with van der Waals surface area (Å²) in [6.45, 7) is 4.36. The fraction of sp³-hybridized carbons (Fsp3) is 0.462. The van der Waals surface area contributed by atoms with E-state index in [0.717, 1.165) is 11.3 Å². The Balaban J connectivity index is 2.54. The van der Waals surface area contributed by atoms with Crippen LogP contribution in [0.3, 0.4) is 0 Å². The van der Waals surface area contributed by atoms with Crippen LogP contribution < -0.4 is 10.1 Å². The van der Waals surface area contributed by atoms with Crippen molar-refractivity contribution in [2.45, 2.75) is 32.5 Å². The summed E-state index contributed by atoms with van der Waals surface area (Å²) in [6.07, 6.45) is -0.940. The van der Waals surface area contributed by atoms with Crippen molar-refractivity contribution < 1.29 is 19.7 Å². The molecule has 5 nitrogen and oxygen atoms in total. The number of hydrogen-bond donors (Lipinski definition) is 3. The standard InChI is InChI=1S/C13H19NO4/c1-3-18-11-6-4-10(5-7-11)8-14-12(9(2)15)13(16)17/h4-7,9,12,14-15H,3,8H2,1-2H3,(H,16,17). The van der Waals surface area contributed by atoms with Gasteiger partial charge in [0.25, 0.3) is 0 Å². The molecule has 1 aromatic carbocycles. The molecule has 0 heterocycles. The summed E-state index contributed by atoms with van der Waals surface area (Å²) < 4.78 is 5.31. The van der Waals surface area contributed by atoms with E-state index in [4.69, 9.17) is 9.84 Å². The van der Waals surface area contributed by atoms with Gasteiger partial charge in [0.2, 0.25) is 0 Å². The van der Waals surface area contributed by atoms with Gasteiger partial charge in [0.05, 0.1) is 12.7 Å². The SMILES string of the molecule is CCOc1ccc(CNC(C(=O)O)C(C)O)cc1. The number of benzene rings is 1. The molecule has 0 aliphatic carbocycles. The molecule has 3 N–H and O–H groups in total. The van der Waals surface area contributed by atoms with Gasteiger partial charge in [0.1, 0.15) is 11.8 Å². The van der Waals surface area contributed by atoms with Gasteiger partial charge in [-0.1, -0.05) is 12.1 Å². The maximum atomic E-state index is 10.9. The Labute approximate surface area is 106 Å². The molecule has 0 saturated carbocycles. The van der Waals surface area contributed by atoms with E-state index in [9.17, 15) is 9.90 Å². The van der Waals surface area contributed by atoms with E-state index in [1.807, 2.05) is 31.2 Å². The van der Waals surface area contributed by atoms with Crippen LogP contribution in [0.25, 0.3) is 0 Å². The first kappa shape index (κ1) is 14.5. The Bertz CT molecular complexity index is 375. The van der Waals surface area contributed by atoms with Crippen molar-refractivity contribution in [3.63, 3.8) is 0 Å². The topological polar surface area (TPSA) is 78.8 Å². The molecular formula is C13H19NO4. The van der Waals surface area contributed by atoms with Crippen molar-refractivity contribution in [3.05, 3.63) is 29.8 Å². The number of aliphatic hydroxyl groups is 1. The van der Waals surface area contributed by atoms with Crippen LogP contribution in [0.2, 0.25) is 0 Å². The molecule has 0 spiro atoms. The largest absolute Gasteiger partial charge is 0.494 e. The molecule has 0 fully saturated rings. The first-order chi connectivity index (χ1) is 8.54. The lowest BCUT2D eigenvalue weighted by molar-refractivity contribution is -0.142. The number of aliphatic hydroxyl groups excluding tert-OH is 1. The van der Waals surface area contributed by atoms with Gasteiger partial charge in [-0.25, -0.2) is 0 Å². The first-order valence-electron chi connectivity index (χ1n) is 5.90. The fourth-order valence-electron chi connectivity index (χ4n) is 1.56. The second-order valence-corrected chi connectivity index (χ2v) is 4.01. The highest BCUT2D eigenvalue weighted by atomic mass is 16.5. The second-order valence-electron chi connectivity index (χ2n) is 4.01. The lowest BCUT2D eigenvalue weighted by Gasteiger charge is -2.17. The molecule has 0 amide bonds. The van der Waals surface area contributed by atoms with Crippen LogP contribution in [-0.2, 0) is 11.3 Å². The molecule has 1 rings (SSSR count). The zero-order valence-electron chi connectivity index (χ0n) is 10.6. The Morgan fingerprint density at radius 3 is 2.44 bits per heavy atom. The second kappa shape index (κ2) is 6.98. The Kier molecular flexibility index (Phi) is 5.61. The van der Waals surface area contributed by atoms with E-state index in [0.29, 0.717) is 13.2 Å². The van der Waals surface area contributed by atoms with Gasteiger partial charge < -0.3 is 14.9 Å². The van der Waals surface area contributed by atoms with Crippen molar-refractivity contribution in [2.75, 3.05) is 6.61 Å². The smallest absolute Gasteiger partial charge is 0.323 e. The molecule has 5 heteroatoms.